The zero-order valence-corrected chi connectivity index (χ0v) is 17.8. The van der Waals surface area contributed by atoms with E-state index in [1.165, 1.54) is 48.5 Å². The van der Waals surface area contributed by atoms with Gasteiger partial charge in [-0.1, -0.05) is 42.5 Å². The Labute approximate surface area is 179 Å². The summed E-state index contributed by atoms with van der Waals surface area (Å²) in [5.41, 5.74) is 0.154. The van der Waals surface area contributed by atoms with Gasteiger partial charge in [-0.15, -0.1) is 0 Å². The average Bonchev–Trinajstić information content (AvgIpc) is 3.05. The van der Waals surface area contributed by atoms with E-state index >= 15 is 0 Å². The van der Waals surface area contributed by atoms with E-state index in [1.807, 2.05) is 0 Å². The highest BCUT2D eigenvalue weighted by molar-refractivity contribution is 7.96. The first kappa shape index (κ1) is 21.2. The van der Waals surface area contributed by atoms with Gasteiger partial charge < -0.3 is 5.32 Å². The van der Waals surface area contributed by atoms with Gasteiger partial charge in [0.15, 0.2) is 19.7 Å². The lowest BCUT2D eigenvalue weighted by atomic mass is 10.0. The highest BCUT2D eigenvalue weighted by Crippen LogP contribution is 2.42. The molecule has 9 heteroatoms. The largest absolute Gasteiger partial charge is 0.348 e. The smallest absolute Gasteiger partial charge is 0.251 e. The van der Waals surface area contributed by atoms with E-state index < -0.39 is 42.4 Å². The maximum absolute atomic E-state index is 13.9. The number of sulfone groups is 2. The van der Waals surface area contributed by atoms with Crippen LogP contribution in [0, 0.1) is 5.82 Å². The van der Waals surface area contributed by atoms with Gasteiger partial charge >= 0.3 is 0 Å². The second kappa shape index (κ2) is 7.90. The molecule has 4 rings (SSSR count). The zero-order valence-electron chi connectivity index (χ0n) is 16.2. The van der Waals surface area contributed by atoms with Gasteiger partial charge in [-0.25, -0.2) is 21.2 Å². The van der Waals surface area contributed by atoms with Crippen molar-refractivity contribution in [2.24, 2.45) is 0 Å². The van der Waals surface area contributed by atoms with Crippen molar-refractivity contribution in [3.05, 3.63) is 95.3 Å². The number of hydrogen-bond donors (Lipinski definition) is 1. The lowest BCUT2D eigenvalue weighted by Gasteiger charge is -2.16. The zero-order chi connectivity index (χ0) is 22.2. The van der Waals surface area contributed by atoms with Crippen LogP contribution in [0.2, 0.25) is 0 Å². The number of benzene rings is 3. The summed E-state index contributed by atoms with van der Waals surface area (Å²) in [6.07, 6.45) is 0. The quantitative estimate of drug-likeness (QED) is 0.633. The monoisotopic (exact) mass is 459 g/mol. The minimum Gasteiger partial charge on any atom is -0.348 e. The summed E-state index contributed by atoms with van der Waals surface area (Å²) < 4.78 is 65.7. The highest BCUT2D eigenvalue weighted by Gasteiger charge is 2.45. The van der Waals surface area contributed by atoms with Crippen LogP contribution in [0.3, 0.4) is 0 Å². The summed E-state index contributed by atoms with van der Waals surface area (Å²) in [4.78, 5) is 12.7. The molecule has 1 N–H and O–H groups in total. The lowest BCUT2D eigenvalue weighted by molar-refractivity contribution is 0.0949. The molecular formula is C22H18FNO5S2. The number of fused-ring (bicyclic) bond motifs is 1. The molecule has 0 fully saturated rings. The van der Waals surface area contributed by atoms with Crippen molar-refractivity contribution >= 4 is 25.6 Å². The van der Waals surface area contributed by atoms with Crippen LogP contribution in [0.4, 0.5) is 4.39 Å². The Hall–Kier alpha value is -3.04. The highest BCUT2D eigenvalue weighted by atomic mass is 32.2. The van der Waals surface area contributed by atoms with Crippen molar-refractivity contribution in [1.29, 1.82) is 0 Å². The third kappa shape index (κ3) is 3.86. The topological polar surface area (TPSA) is 97.4 Å². The van der Waals surface area contributed by atoms with Gasteiger partial charge in [0.05, 0.1) is 15.5 Å². The number of amides is 1. The van der Waals surface area contributed by atoms with Crippen LogP contribution >= 0.6 is 0 Å². The fourth-order valence-corrected chi connectivity index (χ4v) is 8.03. The van der Waals surface area contributed by atoms with Crippen LogP contribution in [-0.4, -0.2) is 28.5 Å². The standard InChI is InChI=1S/C22H18FNO5S2/c23-18-11-5-4-7-15(18)13-24-22(25)17-10-6-12-19-21(17)20(14-30(19,26)27)31(28,29)16-8-2-1-3-9-16/h1-12,20H,13-14H2,(H,24,25). The second-order valence-electron chi connectivity index (χ2n) is 7.12. The molecular weight excluding hydrogens is 441 g/mol. The van der Waals surface area contributed by atoms with Crippen LogP contribution in [0.15, 0.2) is 82.6 Å². The molecule has 160 valence electrons. The Morgan fingerprint density at radius 3 is 2.35 bits per heavy atom. The number of halogens is 1. The van der Waals surface area contributed by atoms with E-state index in [9.17, 15) is 26.0 Å². The van der Waals surface area contributed by atoms with Gasteiger partial charge in [-0.3, -0.25) is 4.79 Å². The van der Waals surface area contributed by atoms with Gasteiger partial charge in [-0.2, -0.15) is 0 Å². The fraction of sp³-hybridized carbons (Fsp3) is 0.136. The van der Waals surface area contributed by atoms with E-state index in [0.29, 0.717) is 0 Å². The number of hydrogen-bond acceptors (Lipinski definition) is 5. The molecule has 1 aliphatic rings. The Morgan fingerprint density at radius 1 is 0.968 bits per heavy atom. The summed E-state index contributed by atoms with van der Waals surface area (Å²) in [6.45, 7) is -0.127. The molecule has 1 atom stereocenters. The van der Waals surface area contributed by atoms with Crippen LogP contribution in [0.25, 0.3) is 0 Å². The number of nitrogens with one attached hydrogen (secondary N) is 1. The Kier molecular flexibility index (Phi) is 5.40. The van der Waals surface area contributed by atoms with Crippen molar-refractivity contribution in [3.63, 3.8) is 0 Å². The fourth-order valence-electron chi connectivity index (χ4n) is 3.65. The Morgan fingerprint density at radius 2 is 1.65 bits per heavy atom. The molecule has 3 aromatic rings. The lowest BCUT2D eigenvalue weighted by Crippen LogP contribution is -2.26. The molecule has 1 aliphatic heterocycles. The maximum Gasteiger partial charge on any atom is 0.251 e. The summed E-state index contributed by atoms with van der Waals surface area (Å²) >= 11 is 0. The van der Waals surface area contributed by atoms with Gasteiger partial charge in [0.25, 0.3) is 5.91 Å². The average molecular weight is 460 g/mol. The van der Waals surface area contributed by atoms with E-state index in [4.69, 9.17) is 0 Å². The predicted octanol–water partition coefficient (Wildman–Crippen LogP) is 3.06. The minimum atomic E-state index is -4.07. The van der Waals surface area contributed by atoms with E-state index in [0.717, 1.165) is 0 Å². The van der Waals surface area contributed by atoms with E-state index in [1.54, 1.807) is 24.3 Å². The maximum atomic E-state index is 13.9. The summed E-state index contributed by atoms with van der Waals surface area (Å²) in [6, 6.07) is 17.5. The molecule has 0 saturated heterocycles. The first-order valence-corrected chi connectivity index (χ1v) is 12.6. The Balaban J connectivity index is 1.75. The van der Waals surface area contributed by atoms with Crippen LogP contribution in [-0.2, 0) is 26.2 Å². The molecule has 31 heavy (non-hydrogen) atoms. The molecule has 1 heterocycles. The van der Waals surface area contributed by atoms with Gasteiger partial charge in [0, 0.05) is 23.2 Å². The van der Waals surface area contributed by atoms with E-state index in [2.05, 4.69) is 5.32 Å². The minimum absolute atomic E-state index is 0.0235. The molecule has 6 nitrogen and oxygen atoms in total. The summed E-state index contributed by atoms with van der Waals surface area (Å²) in [5, 5.41) is 1.14. The SMILES string of the molecule is O=C(NCc1ccccc1F)c1cccc2c1C(S(=O)(=O)c1ccccc1)CS2(=O)=O. The van der Waals surface area contributed by atoms with Crippen molar-refractivity contribution in [2.75, 3.05) is 5.75 Å². The number of rotatable bonds is 5. The third-order valence-electron chi connectivity index (χ3n) is 5.18. The van der Waals surface area contributed by atoms with Gasteiger partial charge in [-0.05, 0) is 30.3 Å². The van der Waals surface area contributed by atoms with Gasteiger partial charge in [0.2, 0.25) is 0 Å². The molecule has 0 aliphatic carbocycles. The van der Waals surface area contributed by atoms with Crippen LogP contribution < -0.4 is 5.32 Å². The molecule has 0 saturated carbocycles. The van der Waals surface area contributed by atoms with Crippen molar-refractivity contribution in [1.82, 2.24) is 5.32 Å². The first-order valence-electron chi connectivity index (χ1n) is 9.38. The van der Waals surface area contributed by atoms with Crippen molar-refractivity contribution in [3.8, 4) is 0 Å². The van der Waals surface area contributed by atoms with Crippen molar-refractivity contribution in [2.45, 2.75) is 21.6 Å². The summed E-state index contributed by atoms with van der Waals surface area (Å²) in [7, 11) is -7.97. The molecule has 0 spiro atoms. The molecule has 1 unspecified atom stereocenters. The number of carbonyl (C=O) groups is 1. The Bertz CT molecular complexity index is 1370. The third-order valence-corrected chi connectivity index (χ3v) is 9.27. The molecule has 3 aromatic carbocycles. The summed E-state index contributed by atoms with van der Waals surface area (Å²) in [5.74, 6) is -1.81. The normalized spacial score (nSPS) is 17.1. The molecule has 1 amide bonds. The molecule has 0 aromatic heterocycles. The van der Waals surface area contributed by atoms with Gasteiger partial charge in [0.1, 0.15) is 11.1 Å². The molecule has 0 bridgehead atoms. The second-order valence-corrected chi connectivity index (χ2v) is 11.3. The first-order chi connectivity index (χ1) is 14.7. The molecule has 0 radical (unpaired) electrons. The van der Waals surface area contributed by atoms with Crippen LogP contribution in [0.1, 0.15) is 26.7 Å². The van der Waals surface area contributed by atoms with Crippen LogP contribution in [0.5, 0.6) is 0 Å². The van der Waals surface area contributed by atoms with E-state index in [-0.39, 0.29) is 33.0 Å². The van der Waals surface area contributed by atoms with Crippen molar-refractivity contribution < 1.29 is 26.0 Å². The number of carbonyl (C=O) groups excluding carboxylic acids is 1. The predicted molar refractivity (Wildman–Crippen MR) is 112 cm³/mol.